The lowest BCUT2D eigenvalue weighted by Gasteiger charge is -2.17. The van der Waals surface area contributed by atoms with Crippen molar-refractivity contribution >= 4 is 0 Å². The fourth-order valence-corrected chi connectivity index (χ4v) is 1.64. The molecule has 1 unspecified atom stereocenters. The van der Waals surface area contributed by atoms with Gasteiger partial charge < -0.3 is 24.4 Å². The normalized spacial score (nSPS) is 12.2. The number of hydrogen-bond donors (Lipinski definition) is 2. The molecule has 0 aliphatic heterocycles. The third-order valence-electron chi connectivity index (χ3n) is 2.55. The molecule has 1 atom stereocenters. The van der Waals surface area contributed by atoms with E-state index in [1.54, 1.807) is 19.2 Å². The number of benzene rings is 1. The van der Waals surface area contributed by atoms with E-state index in [1.807, 2.05) is 0 Å². The van der Waals surface area contributed by atoms with Gasteiger partial charge in [-0.05, 0) is 17.7 Å². The van der Waals surface area contributed by atoms with Crippen molar-refractivity contribution < 1.29 is 24.4 Å². The van der Waals surface area contributed by atoms with Crippen LogP contribution in [0.2, 0.25) is 0 Å². The van der Waals surface area contributed by atoms with Crippen molar-refractivity contribution in [1.29, 1.82) is 0 Å². The summed E-state index contributed by atoms with van der Waals surface area (Å²) in [5.74, 6) is 0.594. The summed E-state index contributed by atoms with van der Waals surface area (Å²) in [4.78, 5) is 0. The van der Waals surface area contributed by atoms with Crippen molar-refractivity contribution in [2.24, 2.45) is 0 Å². The monoisotopic (exact) mass is 242 g/mol. The number of rotatable bonds is 6. The Kier molecular flexibility index (Phi) is 5.06. The van der Waals surface area contributed by atoms with Gasteiger partial charge in [-0.25, -0.2) is 0 Å². The summed E-state index contributed by atoms with van der Waals surface area (Å²) in [6.07, 6.45) is 0.205. The fraction of sp³-hybridized carbons (Fsp3) is 0.500. The van der Waals surface area contributed by atoms with Gasteiger partial charge in [0, 0.05) is 20.1 Å². The van der Waals surface area contributed by atoms with E-state index in [0.29, 0.717) is 17.9 Å². The van der Waals surface area contributed by atoms with Crippen LogP contribution in [-0.4, -0.2) is 38.1 Å². The molecule has 1 aromatic carbocycles. The van der Waals surface area contributed by atoms with Gasteiger partial charge in [0.05, 0.1) is 20.3 Å². The Morgan fingerprint density at radius 2 is 1.65 bits per heavy atom. The van der Waals surface area contributed by atoms with Gasteiger partial charge in [-0.1, -0.05) is 0 Å². The predicted molar refractivity (Wildman–Crippen MR) is 62.7 cm³/mol. The molecule has 5 nitrogen and oxygen atoms in total. The van der Waals surface area contributed by atoms with Crippen LogP contribution in [0.3, 0.4) is 0 Å². The summed E-state index contributed by atoms with van der Waals surface area (Å²) in [5.41, 5.74) is 0.785. The van der Waals surface area contributed by atoms with Crippen LogP contribution in [-0.2, 0) is 4.74 Å². The van der Waals surface area contributed by atoms with E-state index in [2.05, 4.69) is 0 Å². The predicted octanol–water partition coefficient (Wildman–Crippen LogP) is 1.48. The highest BCUT2D eigenvalue weighted by Gasteiger charge is 2.17. The highest BCUT2D eigenvalue weighted by atomic mass is 16.5. The molecule has 0 heterocycles. The van der Waals surface area contributed by atoms with Crippen LogP contribution < -0.4 is 9.47 Å². The number of ether oxygens (including phenoxy) is 3. The van der Waals surface area contributed by atoms with Crippen LogP contribution in [0.25, 0.3) is 0 Å². The molecule has 0 spiro atoms. The summed E-state index contributed by atoms with van der Waals surface area (Å²) < 4.78 is 15.4. The largest absolute Gasteiger partial charge is 0.502 e. The molecule has 2 N–H and O–H groups in total. The molecular formula is C12H18O5. The molecule has 0 aliphatic carbocycles. The topological polar surface area (TPSA) is 68.2 Å². The van der Waals surface area contributed by atoms with E-state index in [0.717, 1.165) is 5.56 Å². The maximum Gasteiger partial charge on any atom is 0.200 e. The minimum absolute atomic E-state index is 0.0179. The van der Waals surface area contributed by atoms with E-state index >= 15 is 0 Å². The SMILES string of the molecule is COc1cc(C(CCO)OC)cc(OC)c1O. The quantitative estimate of drug-likeness (QED) is 0.790. The summed E-state index contributed by atoms with van der Waals surface area (Å²) in [6, 6.07) is 3.34. The molecule has 1 aromatic rings. The van der Waals surface area contributed by atoms with E-state index in [4.69, 9.17) is 19.3 Å². The van der Waals surface area contributed by atoms with Crippen LogP contribution in [0.4, 0.5) is 0 Å². The lowest BCUT2D eigenvalue weighted by molar-refractivity contribution is 0.0771. The molecule has 0 fully saturated rings. The van der Waals surface area contributed by atoms with Gasteiger partial charge in [0.2, 0.25) is 5.75 Å². The van der Waals surface area contributed by atoms with Crippen LogP contribution in [0.15, 0.2) is 12.1 Å². The fourth-order valence-electron chi connectivity index (χ4n) is 1.64. The average molecular weight is 242 g/mol. The molecule has 0 aromatic heterocycles. The molecule has 0 aliphatic rings. The average Bonchev–Trinajstić information content (AvgIpc) is 2.36. The summed E-state index contributed by atoms with van der Waals surface area (Å²) in [5, 5.41) is 18.7. The first kappa shape index (κ1) is 13.6. The number of hydrogen-bond acceptors (Lipinski definition) is 5. The zero-order chi connectivity index (χ0) is 12.8. The summed E-state index contributed by atoms with van der Waals surface area (Å²) in [6.45, 7) is 0.0179. The molecule has 96 valence electrons. The molecule has 0 amide bonds. The zero-order valence-corrected chi connectivity index (χ0v) is 10.3. The van der Waals surface area contributed by atoms with Crippen molar-refractivity contribution in [3.05, 3.63) is 17.7 Å². The van der Waals surface area contributed by atoms with Gasteiger partial charge in [-0.3, -0.25) is 0 Å². The first-order chi connectivity index (χ1) is 8.17. The first-order valence-corrected chi connectivity index (χ1v) is 5.26. The van der Waals surface area contributed by atoms with E-state index in [1.165, 1.54) is 14.2 Å². The van der Waals surface area contributed by atoms with Gasteiger partial charge in [0.25, 0.3) is 0 Å². The minimum atomic E-state index is -0.261. The van der Waals surface area contributed by atoms with E-state index in [9.17, 15) is 5.11 Å². The highest BCUT2D eigenvalue weighted by Crippen LogP contribution is 2.39. The molecule has 0 saturated heterocycles. The van der Waals surface area contributed by atoms with Crippen LogP contribution in [0, 0.1) is 0 Å². The number of phenolic OH excluding ortho intramolecular Hbond substituents is 1. The molecule has 1 rings (SSSR count). The Morgan fingerprint density at radius 1 is 1.12 bits per heavy atom. The second kappa shape index (κ2) is 6.32. The maximum atomic E-state index is 9.76. The molecular weight excluding hydrogens is 224 g/mol. The zero-order valence-electron chi connectivity index (χ0n) is 10.3. The third kappa shape index (κ3) is 3.01. The molecule has 17 heavy (non-hydrogen) atoms. The van der Waals surface area contributed by atoms with Crippen LogP contribution in [0.5, 0.6) is 17.2 Å². The number of methoxy groups -OCH3 is 3. The smallest absolute Gasteiger partial charge is 0.200 e. The highest BCUT2D eigenvalue weighted by molar-refractivity contribution is 5.53. The van der Waals surface area contributed by atoms with Gasteiger partial charge in [-0.2, -0.15) is 0 Å². The second-order valence-corrected chi connectivity index (χ2v) is 3.51. The Labute approximate surface area is 101 Å². The Hall–Kier alpha value is -1.46. The maximum absolute atomic E-state index is 9.76. The Balaban J connectivity index is 3.15. The molecule has 0 radical (unpaired) electrons. The first-order valence-electron chi connectivity index (χ1n) is 5.26. The summed E-state index contributed by atoms with van der Waals surface area (Å²) in [7, 11) is 4.49. The second-order valence-electron chi connectivity index (χ2n) is 3.51. The minimum Gasteiger partial charge on any atom is -0.502 e. The van der Waals surface area contributed by atoms with Crippen molar-refractivity contribution in [2.75, 3.05) is 27.9 Å². The number of aromatic hydroxyl groups is 1. The lowest BCUT2D eigenvalue weighted by atomic mass is 10.1. The Morgan fingerprint density at radius 3 is 2.00 bits per heavy atom. The van der Waals surface area contributed by atoms with Crippen molar-refractivity contribution in [3.63, 3.8) is 0 Å². The lowest BCUT2D eigenvalue weighted by Crippen LogP contribution is -2.05. The number of phenols is 1. The standard InChI is InChI=1S/C12H18O5/c1-15-9(4-5-13)8-6-10(16-2)12(14)11(7-8)17-3/h6-7,9,13-14H,4-5H2,1-3H3. The van der Waals surface area contributed by atoms with Crippen molar-refractivity contribution in [3.8, 4) is 17.2 Å². The van der Waals surface area contributed by atoms with Gasteiger partial charge >= 0.3 is 0 Å². The third-order valence-corrected chi connectivity index (χ3v) is 2.55. The Bertz CT molecular complexity index is 339. The molecule has 5 heteroatoms. The van der Waals surface area contributed by atoms with Gasteiger partial charge in [0.1, 0.15) is 0 Å². The van der Waals surface area contributed by atoms with Crippen LogP contribution >= 0.6 is 0 Å². The van der Waals surface area contributed by atoms with Gasteiger partial charge in [0.15, 0.2) is 11.5 Å². The molecule has 0 bridgehead atoms. The van der Waals surface area contributed by atoms with E-state index < -0.39 is 0 Å². The van der Waals surface area contributed by atoms with Gasteiger partial charge in [-0.15, -0.1) is 0 Å². The van der Waals surface area contributed by atoms with E-state index in [-0.39, 0.29) is 18.5 Å². The van der Waals surface area contributed by atoms with Crippen molar-refractivity contribution in [2.45, 2.75) is 12.5 Å². The van der Waals surface area contributed by atoms with Crippen molar-refractivity contribution in [1.82, 2.24) is 0 Å². The summed E-state index contributed by atoms with van der Waals surface area (Å²) >= 11 is 0. The number of aliphatic hydroxyl groups excluding tert-OH is 1. The van der Waals surface area contributed by atoms with Crippen LogP contribution in [0.1, 0.15) is 18.1 Å². The molecule has 0 saturated carbocycles. The number of aliphatic hydroxyl groups is 1.